The topological polar surface area (TPSA) is 42.5 Å². The lowest BCUT2D eigenvalue weighted by molar-refractivity contribution is 0.385. The van der Waals surface area contributed by atoms with E-state index in [1.54, 1.807) is 14.2 Å². The van der Waals surface area contributed by atoms with Crippen LogP contribution in [0.25, 0.3) is 0 Å². The minimum atomic E-state index is 0.193. The van der Waals surface area contributed by atoms with Crippen molar-refractivity contribution in [2.24, 2.45) is 0 Å². The van der Waals surface area contributed by atoms with Crippen LogP contribution in [-0.2, 0) is 0 Å². The van der Waals surface area contributed by atoms with Gasteiger partial charge in [0.1, 0.15) is 11.5 Å². The van der Waals surface area contributed by atoms with Gasteiger partial charge in [-0.1, -0.05) is 0 Å². The van der Waals surface area contributed by atoms with E-state index >= 15 is 0 Å². The normalized spacial score (nSPS) is 12.3. The van der Waals surface area contributed by atoms with Crippen LogP contribution in [0.3, 0.4) is 0 Å². The van der Waals surface area contributed by atoms with Crippen LogP contribution in [-0.4, -0.2) is 34.9 Å². The van der Waals surface area contributed by atoms with Gasteiger partial charge in [0, 0.05) is 18.2 Å². The fraction of sp³-hybridized carbons (Fsp3) is 0.571. The molecule has 0 aromatic heterocycles. The molecule has 1 aromatic carbocycles. The van der Waals surface area contributed by atoms with Gasteiger partial charge in [-0.05, 0) is 45.1 Å². The summed E-state index contributed by atoms with van der Waals surface area (Å²) in [4.78, 5) is 0. The molecule has 0 aliphatic carbocycles. The van der Waals surface area contributed by atoms with Crippen LogP contribution in [0.5, 0.6) is 11.5 Å². The van der Waals surface area contributed by atoms with E-state index in [0.29, 0.717) is 0 Å². The Labute approximate surface area is 110 Å². The average Bonchev–Trinajstić information content (AvgIpc) is 2.39. The summed E-state index contributed by atoms with van der Waals surface area (Å²) in [6.07, 6.45) is 0. The minimum absolute atomic E-state index is 0.193. The second-order valence-electron chi connectivity index (χ2n) is 4.35. The lowest BCUT2D eigenvalue weighted by Crippen LogP contribution is -2.28. The van der Waals surface area contributed by atoms with Crippen molar-refractivity contribution in [3.63, 3.8) is 0 Å². The van der Waals surface area contributed by atoms with E-state index in [-0.39, 0.29) is 6.04 Å². The molecule has 2 N–H and O–H groups in total. The average molecular weight is 252 g/mol. The van der Waals surface area contributed by atoms with Gasteiger partial charge in [-0.3, -0.25) is 0 Å². The second-order valence-corrected chi connectivity index (χ2v) is 4.35. The minimum Gasteiger partial charge on any atom is -0.496 e. The van der Waals surface area contributed by atoms with Crippen molar-refractivity contribution >= 4 is 0 Å². The quantitative estimate of drug-likeness (QED) is 0.810. The third kappa shape index (κ3) is 2.76. The van der Waals surface area contributed by atoms with Gasteiger partial charge in [-0.25, -0.2) is 0 Å². The first-order valence-corrected chi connectivity index (χ1v) is 6.14. The highest BCUT2D eigenvalue weighted by Crippen LogP contribution is 2.36. The Morgan fingerprint density at radius 3 is 2.22 bits per heavy atom. The van der Waals surface area contributed by atoms with Gasteiger partial charge in [-0.15, -0.1) is 0 Å². The van der Waals surface area contributed by atoms with E-state index in [0.717, 1.165) is 34.7 Å². The Bertz CT molecular complexity index is 405. The van der Waals surface area contributed by atoms with E-state index < -0.39 is 0 Å². The summed E-state index contributed by atoms with van der Waals surface area (Å²) in [6, 6.07) is 2.25. The van der Waals surface area contributed by atoms with Crippen LogP contribution < -0.4 is 20.1 Å². The molecule has 1 rings (SSSR count). The predicted molar refractivity (Wildman–Crippen MR) is 74.7 cm³/mol. The van der Waals surface area contributed by atoms with E-state index in [1.165, 1.54) is 0 Å². The summed E-state index contributed by atoms with van der Waals surface area (Å²) >= 11 is 0. The maximum atomic E-state index is 5.56. The second kappa shape index (κ2) is 6.61. The number of benzene rings is 1. The van der Waals surface area contributed by atoms with Crippen LogP contribution in [0.2, 0.25) is 0 Å². The number of hydrogen-bond acceptors (Lipinski definition) is 4. The molecule has 102 valence electrons. The molecule has 0 aliphatic rings. The number of likely N-dealkylation sites (N-methyl/N-ethyl adjacent to an activating group) is 2. The molecule has 4 nitrogen and oxygen atoms in total. The molecule has 0 saturated carbocycles. The monoisotopic (exact) mass is 252 g/mol. The molecule has 0 amide bonds. The van der Waals surface area contributed by atoms with Gasteiger partial charge in [0.25, 0.3) is 0 Å². The van der Waals surface area contributed by atoms with Crippen LogP contribution in [0.1, 0.15) is 22.7 Å². The van der Waals surface area contributed by atoms with Crippen molar-refractivity contribution in [3.05, 3.63) is 22.8 Å². The lowest BCUT2D eigenvalue weighted by Gasteiger charge is -2.23. The van der Waals surface area contributed by atoms with Crippen LogP contribution in [0, 0.1) is 13.8 Å². The molecule has 4 heteroatoms. The van der Waals surface area contributed by atoms with Gasteiger partial charge in [0.2, 0.25) is 0 Å². The molecular formula is C14H24N2O2. The Morgan fingerprint density at radius 2 is 1.78 bits per heavy atom. The predicted octanol–water partition coefficient (Wildman–Crippen LogP) is 1.80. The van der Waals surface area contributed by atoms with Crippen molar-refractivity contribution in [1.29, 1.82) is 0 Å². The Balaban J connectivity index is 3.35. The van der Waals surface area contributed by atoms with Crippen LogP contribution >= 0.6 is 0 Å². The third-order valence-electron chi connectivity index (χ3n) is 3.38. The van der Waals surface area contributed by atoms with Crippen LogP contribution in [0.15, 0.2) is 6.07 Å². The molecule has 0 fully saturated rings. The van der Waals surface area contributed by atoms with Crippen molar-refractivity contribution in [1.82, 2.24) is 10.6 Å². The smallest absolute Gasteiger partial charge is 0.127 e. The first kappa shape index (κ1) is 14.8. The van der Waals surface area contributed by atoms with Gasteiger partial charge in [-0.2, -0.15) is 0 Å². The fourth-order valence-electron chi connectivity index (χ4n) is 2.20. The molecule has 0 radical (unpaired) electrons. The third-order valence-corrected chi connectivity index (χ3v) is 3.38. The zero-order valence-corrected chi connectivity index (χ0v) is 12.2. The van der Waals surface area contributed by atoms with Crippen LogP contribution in [0.4, 0.5) is 0 Å². The van der Waals surface area contributed by atoms with E-state index in [1.807, 2.05) is 21.0 Å². The highest BCUT2D eigenvalue weighted by molar-refractivity contribution is 5.53. The van der Waals surface area contributed by atoms with E-state index in [9.17, 15) is 0 Å². The molecule has 0 bridgehead atoms. The lowest BCUT2D eigenvalue weighted by atomic mass is 9.98. The van der Waals surface area contributed by atoms with Gasteiger partial charge in [0.15, 0.2) is 0 Å². The summed E-state index contributed by atoms with van der Waals surface area (Å²) in [7, 11) is 7.30. The Hall–Kier alpha value is -1.26. The van der Waals surface area contributed by atoms with Crippen molar-refractivity contribution < 1.29 is 9.47 Å². The zero-order valence-electron chi connectivity index (χ0n) is 12.2. The van der Waals surface area contributed by atoms with Gasteiger partial charge in [0.05, 0.1) is 14.2 Å². The van der Waals surface area contributed by atoms with Gasteiger partial charge < -0.3 is 20.1 Å². The number of methoxy groups -OCH3 is 2. The summed E-state index contributed by atoms with van der Waals surface area (Å²) in [5.41, 5.74) is 3.37. The standard InChI is InChI=1S/C14H24N2O2/c1-9-10(2)14(18-6)11(7-13(9)17-5)12(16-4)8-15-3/h7,12,15-16H,8H2,1-6H3. The molecule has 18 heavy (non-hydrogen) atoms. The van der Waals surface area contributed by atoms with Crippen molar-refractivity contribution in [2.75, 3.05) is 34.9 Å². The molecule has 0 saturated heterocycles. The Morgan fingerprint density at radius 1 is 1.11 bits per heavy atom. The molecule has 1 aromatic rings. The highest BCUT2D eigenvalue weighted by atomic mass is 16.5. The van der Waals surface area contributed by atoms with E-state index in [2.05, 4.69) is 23.6 Å². The SMILES string of the molecule is CNCC(NC)c1cc(OC)c(C)c(C)c1OC. The number of hydrogen-bond donors (Lipinski definition) is 2. The summed E-state index contributed by atoms with van der Waals surface area (Å²) in [5, 5.41) is 6.48. The van der Waals surface area contributed by atoms with E-state index in [4.69, 9.17) is 9.47 Å². The number of rotatable bonds is 6. The summed E-state index contributed by atoms with van der Waals surface area (Å²) in [6.45, 7) is 4.94. The first-order chi connectivity index (χ1) is 8.60. The molecule has 0 heterocycles. The maximum absolute atomic E-state index is 5.56. The largest absolute Gasteiger partial charge is 0.496 e. The highest BCUT2D eigenvalue weighted by Gasteiger charge is 2.19. The molecular weight excluding hydrogens is 228 g/mol. The van der Waals surface area contributed by atoms with Crippen molar-refractivity contribution in [3.8, 4) is 11.5 Å². The number of nitrogens with one attached hydrogen (secondary N) is 2. The fourth-order valence-corrected chi connectivity index (χ4v) is 2.20. The Kier molecular flexibility index (Phi) is 5.44. The molecule has 0 spiro atoms. The molecule has 0 aliphatic heterocycles. The molecule has 1 unspecified atom stereocenters. The number of ether oxygens (including phenoxy) is 2. The first-order valence-electron chi connectivity index (χ1n) is 6.14. The molecule has 1 atom stereocenters. The maximum Gasteiger partial charge on any atom is 0.127 e. The summed E-state index contributed by atoms with van der Waals surface area (Å²) in [5.74, 6) is 1.84. The summed E-state index contributed by atoms with van der Waals surface area (Å²) < 4.78 is 11.0. The van der Waals surface area contributed by atoms with Gasteiger partial charge >= 0.3 is 0 Å². The van der Waals surface area contributed by atoms with Crippen molar-refractivity contribution in [2.45, 2.75) is 19.9 Å². The zero-order chi connectivity index (χ0) is 13.7.